The molecule has 2 bridgehead atoms. The van der Waals surface area contributed by atoms with Gasteiger partial charge in [0.1, 0.15) is 11.4 Å². The Labute approximate surface area is 272 Å². The van der Waals surface area contributed by atoms with Gasteiger partial charge in [-0.1, -0.05) is 43.2 Å². The largest absolute Gasteiger partial charge is 0.491 e. The van der Waals surface area contributed by atoms with Crippen LogP contribution in [0.15, 0.2) is 57.8 Å². The van der Waals surface area contributed by atoms with Crippen LogP contribution in [0.5, 0.6) is 5.75 Å². The normalized spacial score (nSPS) is 28.8. The molecule has 2 amide bonds. The van der Waals surface area contributed by atoms with Crippen molar-refractivity contribution in [3.05, 3.63) is 64.7 Å². The van der Waals surface area contributed by atoms with Crippen molar-refractivity contribution in [3.63, 3.8) is 0 Å². The van der Waals surface area contributed by atoms with Gasteiger partial charge < -0.3 is 19.1 Å². The van der Waals surface area contributed by atoms with E-state index in [9.17, 15) is 13.8 Å². The van der Waals surface area contributed by atoms with Crippen molar-refractivity contribution in [1.29, 1.82) is 0 Å². The number of rotatable bonds is 5. The fraction of sp³-hybridized carbons (Fsp3) is 0.529. The summed E-state index contributed by atoms with van der Waals surface area (Å²) in [6.07, 6.45) is 7.75. The van der Waals surface area contributed by atoms with Crippen LogP contribution in [-0.4, -0.2) is 61.1 Å². The van der Waals surface area contributed by atoms with Crippen molar-refractivity contribution in [2.75, 3.05) is 38.3 Å². The molecule has 11 heteroatoms. The number of methoxy groups -OCH3 is 1. The second kappa shape index (κ2) is 13.8. The maximum absolute atomic E-state index is 14.4. The van der Waals surface area contributed by atoms with Gasteiger partial charge in [0.2, 0.25) is 5.91 Å². The van der Waals surface area contributed by atoms with Crippen LogP contribution in [0.3, 0.4) is 0 Å². The highest BCUT2D eigenvalue weighted by molar-refractivity contribution is 7.92. The minimum absolute atomic E-state index is 0.0471. The molecule has 45 heavy (non-hydrogen) atoms. The Morgan fingerprint density at radius 2 is 2.00 bits per heavy atom. The fourth-order valence-corrected chi connectivity index (χ4v) is 8.29. The molecule has 1 fully saturated rings. The predicted molar refractivity (Wildman–Crippen MR) is 176 cm³/mol. The highest BCUT2D eigenvalue weighted by Gasteiger charge is 2.39. The molecule has 1 N–H and O–H groups in total. The van der Waals surface area contributed by atoms with Gasteiger partial charge in [0.05, 0.1) is 29.9 Å². The maximum Gasteiger partial charge on any atom is 0.287 e. The van der Waals surface area contributed by atoms with E-state index in [0.717, 1.165) is 37.9 Å². The van der Waals surface area contributed by atoms with E-state index < -0.39 is 27.3 Å². The first-order valence-electron chi connectivity index (χ1n) is 15.7. The van der Waals surface area contributed by atoms with E-state index in [1.807, 2.05) is 18.2 Å². The first-order valence-corrected chi connectivity index (χ1v) is 17.6. The summed E-state index contributed by atoms with van der Waals surface area (Å²) >= 11 is 6.41. The summed E-state index contributed by atoms with van der Waals surface area (Å²) in [5, 5.41) is 0.713. The number of aryl methyl sites for hydroxylation is 1. The van der Waals surface area contributed by atoms with Crippen LogP contribution >= 0.6 is 11.6 Å². The number of anilines is 1. The molecule has 244 valence electrons. The van der Waals surface area contributed by atoms with Gasteiger partial charge in [0.25, 0.3) is 5.91 Å². The monoisotopic (exact) mass is 657 g/mol. The van der Waals surface area contributed by atoms with Gasteiger partial charge in [0.15, 0.2) is 9.92 Å². The quantitative estimate of drug-likeness (QED) is 0.388. The lowest BCUT2D eigenvalue weighted by atomic mass is 9.70. The second-order valence-electron chi connectivity index (χ2n) is 12.7. The molecule has 3 aliphatic rings. The standard InChI is InChI=1S/C34H44ClN3O6S/c1-6-8-23-17-26(35)11-14-28(23)25-20-38-19-24-10-13-29(24)31(42-5)9-7-16-44-34(3,4)33(40)37-45(41,36-22(2)39)27-12-15-32(43-21-25)30(38)18-27/h7,9,11-12,14-15,17-18,24-25,29,31H,6,8,10,13,16,19-21H2,1-5H3,(H,36,37,39,40,41)/b9-7+/t24-,25?,29?,31?,45?/m0/s1. The molecule has 2 aromatic rings. The van der Waals surface area contributed by atoms with E-state index in [2.05, 4.69) is 33.0 Å². The van der Waals surface area contributed by atoms with Crippen LogP contribution in [0.1, 0.15) is 64.0 Å². The van der Waals surface area contributed by atoms with Crippen LogP contribution in [0, 0.1) is 11.8 Å². The molecular formula is C34H44ClN3O6S. The average Bonchev–Trinajstić information content (AvgIpc) is 3.15. The topological polar surface area (TPSA) is 107 Å². The first-order chi connectivity index (χ1) is 21.4. The molecule has 0 aromatic heterocycles. The Morgan fingerprint density at radius 3 is 2.69 bits per heavy atom. The number of amides is 2. The Bertz CT molecular complexity index is 1580. The molecule has 0 spiro atoms. The van der Waals surface area contributed by atoms with Crippen molar-refractivity contribution in [2.45, 2.75) is 75.9 Å². The number of hydrogen-bond acceptors (Lipinski definition) is 7. The lowest BCUT2D eigenvalue weighted by molar-refractivity contribution is -0.137. The van der Waals surface area contributed by atoms with Crippen LogP contribution in [0.4, 0.5) is 5.69 Å². The van der Waals surface area contributed by atoms with Crippen LogP contribution in [0.25, 0.3) is 0 Å². The zero-order chi connectivity index (χ0) is 32.4. The molecule has 0 radical (unpaired) electrons. The summed E-state index contributed by atoms with van der Waals surface area (Å²) in [6.45, 7) is 8.56. The van der Waals surface area contributed by atoms with E-state index in [0.29, 0.717) is 35.8 Å². The van der Waals surface area contributed by atoms with E-state index in [-0.39, 0.29) is 23.5 Å². The number of hydrogen-bond donors (Lipinski definition) is 1. The van der Waals surface area contributed by atoms with Crippen LogP contribution < -0.4 is 14.4 Å². The minimum atomic E-state index is -3.70. The van der Waals surface area contributed by atoms with Gasteiger partial charge in [-0.15, -0.1) is 4.36 Å². The van der Waals surface area contributed by atoms with E-state index in [4.69, 9.17) is 25.8 Å². The highest BCUT2D eigenvalue weighted by Crippen LogP contribution is 2.43. The molecule has 9 nitrogen and oxygen atoms in total. The molecule has 2 aromatic carbocycles. The van der Waals surface area contributed by atoms with Gasteiger partial charge in [0, 0.05) is 38.1 Å². The van der Waals surface area contributed by atoms with E-state index in [1.165, 1.54) is 18.1 Å². The van der Waals surface area contributed by atoms with Crippen molar-refractivity contribution < 1.29 is 28.0 Å². The number of nitrogens with zero attached hydrogens (tertiary/aromatic N) is 2. The molecule has 2 aliphatic heterocycles. The number of benzene rings is 2. The van der Waals surface area contributed by atoms with Crippen LogP contribution in [-0.2, 0) is 35.4 Å². The fourth-order valence-electron chi connectivity index (χ4n) is 6.46. The summed E-state index contributed by atoms with van der Waals surface area (Å²) < 4.78 is 39.2. The molecule has 5 atom stereocenters. The molecule has 4 unspecified atom stereocenters. The molecular weight excluding hydrogens is 614 g/mol. The van der Waals surface area contributed by atoms with E-state index in [1.54, 1.807) is 39.2 Å². The predicted octanol–water partition coefficient (Wildman–Crippen LogP) is 6.09. The van der Waals surface area contributed by atoms with E-state index >= 15 is 0 Å². The van der Waals surface area contributed by atoms with Gasteiger partial charge in [-0.25, -0.2) is 4.21 Å². The average molecular weight is 658 g/mol. The number of ether oxygens (including phenoxy) is 3. The third-order valence-electron chi connectivity index (χ3n) is 9.04. The minimum Gasteiger partial charge on any atom is -0.491 e. The third-order valence-corrected chi connectivity index (χ3v) is 11.2. The highest BCUT2D eigenvalue weighted by atomic mass is 35.5. The van der Waals surface area contributed by atoms with Crippen LogP contribution in [0.2, 0.25) is 5.02 Å². The van der Waals surface area contributed by atoms with Crippen molar-refractivity contribution in [3.8, 4) is 5.75 Å². The van der Waals surface area contributed by atoms with Crippen molar-refractivity contribution in [2.24, 2.45) is 16.2 Å². The lowest BCUT2D eigenvalue weighted by Gasteiger charge is -2.43. The van der Waals surface area contributed by atoms with Crippen molar-refractivity contribution in [1.82, 2.24) is 4.72 Å². The van der Waals surface area contributed by atoms with Crippen molar-refractivity contribution >= 4 is 39.0 Å². The van der Waals surface area contributed by atoms with Gasteiger partial charge in [-0.2, -0.15) is 0 Å². The number of halogens is 1. The van der Waals surface area contributed by atoms with Gasteiger partial charge in [-0.3, -0.25) is 14.3 Å². The number of nitrogens with one attached hydrogen (secondary N) is 1. The Morgan fingerprint density at radius 1 is 1.20 bits per heavy atom. The molecule has 1 aliphatic carbocycles. The number of fused-ring (bicyclic) bond motifs is 2. The molecule has 2 heterocycles. The Kier molecular flexibility index (Phi) is 10.3. The zero-order valence-corrected chi connectivity index (χ0v) is 28.3. The number of carbonyl (C=O) groups excluding carboxylic acids is 2. The third kappa shape index (κ3) is 7.40. The Hall–Kier alpha value is -2.92. The zero-order valence-electron chi connectivity index (χ0n) is 26.7. The molecule has 5 rings (SSSR count). The second-order valence-corrected chi connectivity index (χ2v) is 15.0. The molecule has 1 saturated carbocycles. The first kappa shape index (κ1) is 33.4. The SMILES string of the molecule is CCCc1cc(Cl)ccc1C1COc2ccc3cc2N(C1)C[C@@H]1CCC1C(OC)/C=C/COC(C)(C)C(=O)N=S3(=O)NC(C)=O. The Balaban J connectivity index is 1.64. The summed E-state index contributed by atoms with van der Waals surface area (Å²) in [7, 11) is -1.97. The maximum atomic E-state index is 14.4. The molecule has 0 saturated heterocycles. The lowest BCUT2D eigenvalue weighted by Crippen LogP contribution is -2.44. The summed E-state index contributed by atoms with van der Waals surface area (Å²) in [5.41, 5.74) is 1.78. The smallest absolute Gasteiger partial charge is 0.287 e. The summed E-state index contributed by atoms with van der Waals surface area (Å²) in [4.78, 5) is 28.2. The number of carbonyl (C=O) groups is 2. The van der Waals surface area contributed by atoms with Gasteiger partial charge >= 0.3 is 0 Å². The summed E-state index contributed by atoms with van der Waals surface area (Å²) in [5.74, 6) is 0.0281. The van der Waals surface area contributed by atoms with Gasteiger partial charge in [-0.05, 0) is 86.4 Å². The summed E-state index contributed by atoms with van der Waals surface area (Å²) in [6, 6.07) is 11.2.